The van der Waals surface area contributed by atoms with E-state index in [1.165, 1.54) is 0 Å². The van der Waals surface area contributed by atoms with E-state index in [0.717, 1.165) is 41.5 Å². The first-order valence-corrected chi connectivity index (χ1v) is 8.36. The maximum absolute atomic E-state index is 12.4. The van der Waals surface area contributed by atoms with Gasteiger partial charge >= 0.3 is 0 Å². The van der Waals surface area contributed by atoms with E-state index in [0.29, 0.717) is 5.92 Å². The SMILES string of the molecule is Cc1nnc(C2CCCN(C(=O)/C=C/c3ccccc3)C2)s1. The van der Waals surface area contributed by atoms with Gasteiger partial charge in [0.05, 0.1) is 0 Å². The van der Waals surface area contributed by atoms with Crippen molar-refractivity contribution in [3.05, 3.63) is 52.0 Å². The Morgan fingerprint density at radius 1 is 1.32 bits per heavy atom. The molecule has 0 N–H and O–H groups in total. The van der Waals surface area contributed by atoms with Crippen molar-refractivity contribution < 1.29 is 4.79 Å². The first-order chi connectivity index (χ1) is 10.7. The molecule has 0 saturated carbocycles. The molecule has 1 saturated heterocycles. The molecular weight excluding hydrogens is 294 g/mol. The molecule has 1 aliphatic rings. The number of amides is 1. The lowest BCUT2D eigenvalue weighted by molar-refractivity contribution is -0.127. The number of aryl methyl sites for hydroxylation is 1. The number of carbonyl (C=O) groups excluding carboxylic acids is 1. The van der Waals surface area contributed by atoms with E-state index in [9.17, 15) is 4.79 Å². The van der Waals surface area contributed by atoms with E-state index in [1.54, 1.807) is 17.4 Å². The number of hydrogen-bond donors (Lipinski definition) is 0. The second-order valence-corrected chi connectivity index (χ2v) is 6.74. The minimum Gasteiger partial charge on any atom is -0.338 e. The van der Waals surface area contributed by atoms with Crippen molar-refractivity contribution in [2.45, 2.75) is 25.7 Å². The molecule has 0 radical (unpaired) electrons. The van der Waals surface area contributed by atoms with Gasteiger partial charge in [-0.2, -0.15) is 0 Å². The zero-order valence-corrected chi connectivity index (χ0v) is 13.4. The van der Waals surface area contributed by atoms with Crippen LogP contribution < -0.4 is 0 Å². The normalized spacial score (nSPS) is 18.8. The van der Waals surface area contributed by atoms with Crippen molar-refractivity contribution in [1.82, 2.24) is 15.1 Å². The zero-order chi connectivity index (χ0) is 15.4. The van der Waals surface area contributed by atoms with Crippen molar-refractivity contribution in [3.8, 4) is 0 Å². The number of benzene rings is 1. The Labute approximate surface area is 134 Å². The average molecular weight is 313 g/mol. The van der Waals surface area contributed by atoms with Crippen LogP contribution in [0, 0.1) is 6.92 Å². The highest BCUT2D eigenvalue weighted by atomic mass is 32.1. The molecule has 1 fully saturated rings. The Morgan fingerprint density at radius 2 is 2.14 bits per heavy atom. The lowest BCUT2D eigenvalue weighted by Crippen LogP contribution is -2.38. The number of likely N-dealkylation sites (tertiary alicyclic amines) is 1. The highest BCUT2D eigenvalue weighted by molar-refractivity contribution is 7.11. The monoisotopic (exact) mass is 313 g/mol. The molecule has 1 atom stereocenters. The average Bonchev–Trinajstić information content (AvgIpc) is 3.00. The van der Waals surface area contributed by atoms with E-state index in [2.05, 4.69) is 10.2 Å². The summed E-state index contributed by atoms with van der Waals surface area (Å²) in [5, 5.41) is 10.4. The molecule has 1 aromatic heterocycles. The maximum atomic E-state index is 12.4. The largest absolute Gasteiger partial charge is 0.338 e. The van der Waals surface area contributed by atoms with Crippen LogP contribution in [0.2, 0.25) is 0 Å². The van der Waals surface area contributed by atoms with Crippen molar-refractivity contribution in [1.29, 1.82) is 0 Å². The Balaban J connectivity index is 1.64. The highest BCUT2D eigenvalue weighted by Gasteiger charge is 2.25. The van der Waals surface area contributed by atoms with Crippen LogP contribution in [-0.2, 0) is 4.79 Å². The molecule has 114 valence electrons. The van der Waals surface area contributed by atoms with Gasteiger partial charge in [-0.1, -0.05) is 30.3 Å². The number of hydrogen-bond acceptors (Lipinski definition) is 4. The van der Waals surface area contributed by atoms with Crippen LogP contribution in [0.1, 0.15) is 34.3 Å². The topological polar surface area (TPSA) is 46.1 Å². The van der Waals surface area contributed by atoms with E-state index in [-0.39, 0.29) is 5.91 Å². The molecule has 5 heteroatoms. The summed E-state index contributed by atoms with van der Waals surface area (Å²) in [4.78, 5) is 14.3. The van der Waals surface area contributed by atoms with Gasteiger partial charge in [-0.15, -0.1) is 21.5 Å². The molecule has 22 heavy (non-hydrogen) atoms. The third-order valence-electron chi connectivity index (χ3n) is 3.84. The minimum absolute atomic E-state index is 0.0785. The minimum atomic E-state index is 0.0785. The summed E-state index contributed by atoms with van der Waals surface area (Å²) >= 11 is 1.64. The fourth-order valence-corrected chi connectivity index (χ4v) is 3.52. The first kappa shape index (κ1) is 14.9. The molecule has 1 aliphatic heterocycles. The molecule has 1 unspecified atom stereocenters. The number of piperidine rings is 1. The lowest BCUT2D eigenvalue weighted by Gasteiger charge is -2.30. The van der Waals surface area contributed by atoms with Crippen LogP contribution in [0.5, 0.6) is 0 Å². The molecule has 3 rings (SSSR count). The molecular formula is C17H19N3OS. The van der Waals surface area contributed by atoms with E-state index in [1.807, 2.05) is 48.2 Å². The van der Waals surface area contributed by atoms with Crippen molar-refractivity contribution in [3.63, 3.8) is 0 Å². The molecule has 1 amide bonds. The van der Waals surface area contributed by atoms with E-state index >= 15 is 0 Å². The van der Waals surface area contributed by atoms with Crippen LogP contribution in [-0.4, -0.2) is 34.1 Å². The van der Waals surface area contributed by atoms with Gasteiger partial charge in [0.1, 0.15) is 10.0 Å². The molecule has 2 heterocycles. The standard InChI is InChI=1S/C17H19N3OS/c1-13-18-19-17(22-13)15-8-5-11-20(12-15)16(21)10-9-14-6-3-2-4-7-14/h2-4,6-7,9-10,15H,5,8,11-12H2,1H3/b10-9+. The fraction of sp³-hybridized carbons (Fsp3) is 0.353. The molecule has 0 spiro atoms. The Morgan fingerprint density at radius 3 is 2.86 bits per heavy atom. The number of carbonyl (C=O) groups is 1. The lowest BCUT2D eigenvalue weighted by atomic mass is 9.99. The Hall–Kier alpha value is -2.01. The van der Waals surface area contributed by atoms with Crippen molar-refractivity contribution in [2.75, 3.05) is 13.1 Å². The molecule has 4 nitrogen and oxygen atoms in total. The van der Waals surface area contributed by atoms with E-state index < -0.39 is 0 Å². The third-order valence-corrected chi connectivity index (χ3v) is 4.84. The maximum Gasteiger partial charge on any atom is 0.246 e. The summed E-state index contributed by atoms with van der Waals surface area (Å²) in [6, 6.07) is 9.90. The van der Waals surface area contributed by atoms with Crippen LogP contribution >= 0.6 is 11.3 Å². The summed E-state index contributed by atoms with van der Waals surface area (Å²) in [6.45, 7) is 3.54. The van der Waals surface area contributed by atoms with Gasteiger partial charge in [0.2, 0.25) is 5.91 Å². The second-order valence-electron chi connectivity index (χ2n) is 5.53. The molecule has 1 aromatic carbocycles. The van der Waals surface area contributed by atoms with Gasteiger partial charge in [0.25, 0.3) is 0 Å². The van der Waals surface area contributed by atoms with Gasteiger partial charge in [-0.3, -0.25) is 4.79 Å². The predicted molar refractivity (Wildman–Crippen MR) is 88.7 cm³/mol. The molecule has 0 aliphatic carbocycles. The van der Waals surface area contributed by atoms with Crippen molar-refractivity contribution >= 4 is 23.3 Å². The van der Waals surface area contributed by atoms with Gasteiger partial charge in [-0.05, 0) is 31.4 Å². The van der Waals surface area contributed by atoms with Crippen LogP contribution in [0.15, 0.2) is 36.4 Å². The fourth-order valence-electron chi connectivity index (χ4n) is 2.69. The first-order valence-electron chi connectivity index (χ1n) is 7.54. The van der Waals surface area contributed by atoms with E-state index in [4.69, 9.17) is 0 Å². The Bertz CT molecular complexity index is 666. The number of nitrogens with zero attached hydrogens (tertiary/aromatic N) is 3. The van der Waals surface area contributed by atoms with Gasteiger partial charge < -0.3 is 4.90 Å². The highest BCUT2D eigenvalue weighted by Crippen LogP contribution is 2.29. The molecule has 2 aromatic rings. The van der Waals surface area contributed by atoms with Crippen molar-refractivity contribution in [2.24, 2.45) is 0 Å². The number of rotatable bonds is 3. The number of aromatic nitrogens is 2. The van der Waals surface area contributed by atoms with Gasteiger partial charge in [0, 0.05) is 25.1 Å². The third kappa shape index (κ3) is 3.60. The summed E-state index contributed by atoms with van der Waals surface area (Å²) in [6.07, 6.45) is 5.65. The zero-order valence-electron chi connectivity index (χ0n) is 12.6. The smallest absolute Gasteiger partial charge is 0.246 e. The second kappa shape index (κ2) is 6.83. The quantitative estimate of drug-likeness (QED) is 0.817. The predicted octanol–water partition coefficient (Wildman–Crippen LogP) is 3.27. The summed E-state index contributed by atoms with van der Waals surface area (Å²) in [5.74, 6) is 0.406. The van der Waals surface area contributed by atoms with Crippen LogP contribution in [0.4, 0.5) is 0 Å². The summed E-state index contributed by atoms with van der Waals surface area (Å²) < 4.78 is 0. The van der Waals surface area contributed by atoms with Gasteiger partial charge in [0.15, 0.2) is 0 Å². The van der Waals surface area contributed by atoms with Gasteiger partial charge in [-0.25, -0.2) is 0 Å². The van der Waals surface area contributed by atoms with Crippen LogP contribution in [0.25, 0.3) is 6.08 Å². The molecule has 0 bridgehead atoms. The summed E-state index contributed by atoms with van der Waals surface area (Å²) in [7, 11) is 0. The Kier molecular flexibility index (Phi) is 4.63. The summed E-state index contributed by atoms with van der Waals surface area (Å²) in [5.41, 5.74) is 1.05. The van der Waals surface area contributed by atoms with Crippen LogP contribution in [0.3, 0.4) is 0 Å².